The van der Waals surface area contributed by atoms with E-state index in [1.54, 1.807) is 12.1 Å². The standard InChI is InChI=1S/C22H25N3O2/c1-15-19(24-25(20(15)23-5)18-9-7-6-8-10-18)16-11-13-17(14-12-16)21(26)27-22(2,3)4/h6-14,23H,1-5H3. The largest absolute Gasteiger partial charge is 0.456 e. The number of anilines is 1. The van der Waals surface area contributed by atoms with E-state index in [0.29, 0.717) is 5.56 Å². The maximum Gasteiger partial charge on any atom is 0.338 e. The van der Waals surface area contributed by atoms with Crippen LogP contribution in [0.1, 0.15) is 36.7 Å². The molecule has 0 saturated heterocycles. The molecule has 0 bridgehead atoms. The van der Waals surface area contributed by atoms with E-state index in [1.165, 1.54) is 0 Å². The molecule has 1 heterocycles. The van der Waals surface area contributed by atoms with Crippen molar-refractivity contribution in [3.63, 3.8) is 0 Å². The summed E-state index contributed by atoms with van der Waals surface area (Å²) in [5, 5.41) is 8.03. The van der Waals surface area contributed by atoms with Crippen LogP contribution in [-0.2, 0) is 4.74 Å². The lowest BCUT2D eigenvalue weighted by molar-refractivity contribution is 0.00695. The average Bonchev–Trinajstić information content (AvgIpc) is 2.97. The first-order valence-electron chi connectivity index (χ1n) is 8.97. The number of carbonyl (C=O) groups excluding carboxylic acids is 1. The van der Waals surface area contributed by atoms with Crippen LogP contribution in [0.25, 0.3) is 16.9 Å². The number of rotatable bonds is 4. The highest BCUT2D eigenvalue weighted by atomic mass is 16.6. The predicted octanol–water partition coefficient (Wildman–Crippen LogP) is 4.84. The summed E-state index contributed by atoms with van der Waals surface area (Å²) in [4.78, 5) is 12.2. The topological polar surface area (TPSA) is 56.1 Å². The molecular formula is C22H25N3O2. The Balaban J connectivity index is 1.95. The van der Waals surface area contributed by atoms with Crippen molar-refractivity contribution in [1.82, 2.24) is 9.78 Å². The van der Waals surface area contributed by atoms with Crippen LogP contribution < -0.4 is 5.32 Å². The Kier molecular flexibility index (Phi) is 5.04. The lowest BCUT2D eigenvalue weighted by Crippen LogP contribution is -2.23. The molecule has 0 aliphatic carbocycles. The molecule has 5 nitrogen and oxygen atoms in total. The minimum absolute atomic E-state index is 0.323. The highest BCUT2D eigenvalue weighted by molar-refractivity contribution is 5.90. The van der Waals surface area contributed by atoms with Crippen molar-refractivity contribution in [2.24, 2.45) is 0 Å². The molecule has 0 amide bonds. The Morgan fingerprint density at radius 2 is 1.67 bits per heavy atom. The van der Waals surface area contributed by atoms with E-state index in [2.05, 4.69) is 5.32 Å². The van der Waals surface area contributed by atoms with E-state index in [4.69, 9.17) is 9.84 Å². The van der Waals surface area contributed by atoms with Gasteiger partial charge in [0.15, 0.2) is 0 Å². The third-order valence-corrected chi connectivity index (χ3v) is 4.15. The number of hydrogen-bond donors (Lipinski definition) is 1. The molecule has 0 fully saturated rings. The molecule has 1 aromatic heterocycles. The Morgan fingerprint density at radius 3 is 2.22 bits per heavy atom. The van der Waals surface area contributed by atoms with E-state index in [-0.39, 0.29) is 5.97 Å². The molecule has 0 radical (unpaired) electrons. The van der Waals surface area contributed by atoms with Crippen molar-refractivity contribution < 1.29 is 9.53 Å². The molecular weight excluding hydrogens is 338 g/mol. The first-order valence-corrected chi connectivity index (χ1v) is 8.97. The fraction of sp³-hybridized carbons (Fsp3) is 0.273. The lowest BCUT2D eigenvalue weighted by Gasteiger charge is -2.19. The lowest BCUT2D eigenvalue weighted by atomic mass is 10.1. The number of esters is 1. The zero-order valence-electron chi connectivity index (χ0n) is 16.4. The van der Waals surface area contributed by atoms with Crippen molar-refractivity contribution >= 4 is 11.8 Å². The van der Waals surface area contributed by atoms with Crippen LogP contribution in [0.5, 0.6) is 0 Å². The van der Waals surface area contributed by atoms with Gasteiger partial charge in [-0.25, -0.2) is 9.48 Å². The minimum atomic E-state index is -0.511. The van der Waals surface area contributed by atoms with Gasteiger partial charge < -0.3 is 10.1 Å². The number of nitrogens with one attached hydrogen (secondary N) is 1. The van der Waals surface area contributed by atoms with Crippen molar-refractivity contribution in [3.8, 4) is 16.9 Å². The summed E-state index contributed by atoms with van der Waals surface area (Å²) < 4.78 is 7.32. The highest BCUT2D eigenvalue weighted by Gasteiger charge is 2.19. The van der Waals surface area contributed by atoms with Gasteiger partial charge in [-0.3, -0.25) is 0 Å². The van der Waals surface area contributed by atoms with Crippen LogP contribution >= 0.6 is 0 Å². The number of nitrogens with zero attached hydrogens (tertiary/aromatic N) is 2. The molecule has 0 aliphatic heterocycles. The number of benzene rings is 2. The number of hydrogen-bond acceptors (Lipinski definition) is 4. The number of aromatic nitrogens is 2. The fourth-order valence-corrected chi connectivity index (χ4v) is 2.92. The molecule has 2 aromatic carbocycles. The van der Waals surface area contributed by atoms with Gasteiger partial charge in [-0.2, -0.15) is 5.10 Å². The number of ether oxygens (including phenoxy) is 1. The third kappa shape index (κ3) is 4.03. The average molecular weight is 363 g/mol. The van der Waals surface area contributed by atoms with Gasteiger partial charge in [0, 0.05) is 18.2 Å². The molecule has 0 aliphatic rings. The Morgan fingerprint density at radius 1 is 1.04 bits per heavy atom. The Labute approximate surface area is 160 Å². The van der Waals surface area contributed by atoms with Gasteiger partial charge in [-0.1, -0.05) is 30.3 Å². The quantitative estimate of drug-likeness (QED) is 0.674. The smallest absolute Gasteiger partial charge is 0.338 e. The number of para-hydroxylation sites is 1. The van der Waals surface area contributed by atoms with Gasteiger partial charge >= 0.3 is 5.97 Å². The van der Waals surface area contributed by atoms with E-state index in [0.717, 1.165) is 28.3 Å². The summed E-state index contributed by atoms with van der Waals surface area (Å²) >= 11 is 0. The molecule has 0 spiro atoms. The van der Waals surface area contributed by atoms with Crippen LogP contribution in [0, 0.1) is 6.92 Å². The van der Waals surface area contributed by atoms with Gasteiger partial charge in [-0.15, -0.1) is 0 Å². The predicted molar refractivity (Wildman–Crippen MR) is 108 cm³/mol. The zero-order chi connectivity index (χ0) is 19.6. The highest BCUT2D eigenvalue weighted by Crippen LogP contribution is 2.30. The second-order valence-electron chi connectivity index (χ2n) is 7.40. The van der Waals surface area contributed by atoms with Gasteiger partial charge in [0.25, 0.3) is 0 Å². The SMILES string of the molecule is CNc1c(C)c(-c2ccc(C(=O)OC(C)(C)C)cc2)nn1-c1ccccc1. The van der Waals surface area contributed by atoms with Crippen molar-refractivity contribution in [1.29, 1.82) is 0 Å². The van der Waals surface area contributed by atoms with E-state index < -0.39 is 5.60 Å². The first kappa shape index (κ1) is 18.7. The summed E-state index contributed by atoms with van der Waals surface area (Å²) in [5.41, 5.74) is 3.88. The van der Waals surface area contributed by atoms with Gasteiger partial charge in [0.05, 0.1) is 16.9 Å². The third-order valence-electron chi connectivity index (χ3n) is 4.15. The normalized spacial score (nSPS) is 11.3. The molecule has 0 atom stereocenters. The maximum absolute atomic E-state index is 12.2. The minimum Gasteiger partial charge on any atom is -0.456 e. The van der Waals surface area contributed by atoms with Crippen LogP contribution in [-0.4, -0.2) is 28.4 Å². The molecule has 0 unspecified atom stereocenters. The molecule has 27 heavy (non-hydrogen) atoms. The van der Waals surface area contributed by atoms with Crippen LogP contribution in [0.15, 0.2) is 54.6 Å². The second kappa shape index (κ2) is 7.27. The van der Waals surface area contributed by atoms with E-state index in [1.807, 2.05) is 81.9 Å². The van der Waals surface area contributed by atoms with Crippen molar-refractivity contribution in [3.05, 3.63) is 65.7 Å². The maximum atomic E-state index is 12.2. The van der Waals surface area contributed by atoms with Gasteiger partial charge in [0.2, 0.25) is 0 Å². The van der Waals surface area contributed by atoms with E-state index in [9.17, 15) is 4.79 Å². The van der Waals surface area contributed by atoms with Gasteiger partial charge in [-0.05, 0) is 52.0 Å². The molecule has 0 saturated carbocycles. The first-order chi connectivity index (χ1) is 12.8. The summed E-state index contributed by atoms with van der Waals surface area (Å²) in [6.45, 7) is 7.61. The molecule has 1 N–H and O–H groups in total. The summed E-state index contributed by atoms with van der Waals surface area (Å²) in [6.07, 6.45) is 0. The Bertz CT molecular complexity index is 936. The number of carbonyl (C=O) groups is 1. The summed E-state index contributed by atoms with van der Waals surface area (Å²) in [7, 11) is 1.89. The molecule has 3 rings (SSSR count). The zero-order valence-corrected chi connectivity index (χ0v) is 16.4. The van der Waals surface area contributed by atoms with Gasteiger partial charge in [0.1, 0.15) is 11.4 Å². The van der Waals surface area contributed by atoms with E-state index >= 15 is 0 Å². The monoisotopic (exact) mass is 363 g/mol. The summed E-state index contributed by atoms with van der Waals surface area (Å²) in [5.74, 6) is 0.615. The van der Waals surface area contributed by atoms with Crippen LogP contribution in [0.2, 0.25) is 0 Å². The second-order valence-corrected chi connectivity index (χ2v) is 7.40. The molecule has 140 valence electrons. The molecule has 5 heteroatoms. The Hall–Kier alpha value is -3.08. The van der Waals surface area contributed by atoms with Crippen molar-refractivity contribution in [2.45, 2.75) is 33.3 Å². The molecule has 3 aromatic rings. The fourth-order valence-electron chi connectivity index (χ4n) is 2.92. The summed E-state index contributed by atoms with van der Waals surface area (Å²) in [6, 6.07) is 17.4. The van der Waals surface area contributed by atoms with Crippen LogP contribution in [0.4, 0.5) is 5.82 Å². The van der Waals surface area contributed by atoms with Crippen LogP contribution in [0.3, 0.4) is 0 Å². The van der Waals surface area contributed by atoms with Crippen molar-refractivity contribution in [2.75, 3.05) is 12.4 Å².